The standard InChI is InChI=1S/C16H24O3/c1-15(2)8-5-9-16(3)11(10-14(18)19-4)12(17)6-7-13(15)16/h6-7,11,13H,5,8-10H2,1-4H3. The number of allylic oxidation sites excluding steroid dienone is 2. The number of carbonyl (C=O) groups is 2. The zero-order chi connectivity index (χ0) is 14.3. The summed E-state index contributed by atoms with van der Waals surface area (Å²) in [7, 11) is 1.39. The lowest BCUT2D eigenvalue weighted by Crippen LogP contribution is -2.50. The highest BCUT2D eigenvalue weighted by Gasteiger charge is 2.53. The Kier molecular flexibility index (Phi) is 3.59. The van der Waals surface area contributed by atoms with E-state index in [1.54, 1.807) is 6.08 Å². The van der Waals surface area contributed by atoms with Crippen molar-refractivity contribution in [2.75, 3.05) is 7.11 Å². The molecule has 0 aromatic rings. The number of carbonyl (C=O) groups excluding carboxylic acids is 2. The average Bonchev–Trinajstić information content (AvgIpc) is 2.32. The first-order chi connectivity index (χ1) is 8.81. The number of ketones is 1. The summed E-state index contributed by atoms with van der Waals surface area (Å²) in [6, 6.07) is 0. The highest BCUT2D eigenvalue weighted by molar-refractivity contribution is 5.95. The molecule has 2 aliphatic carbocycles. The van der Waals surface area contributed by atoms with Crippen LogP contribution in [0.3, 0.4) is 0 Å². The van der Waals surface area contributed by atoms with Crippen LogP contribution in [0.1, 0.15) is 46.5 Å². The number of hydrogen-bond acceptors (Lipinski definition) is 3. The number of methoxy groups -OCH3 is 1. The fourth-order valence-electron chi connectivity index (χ4n) is 4.22. The Morgan fingerprint density at radius 3 is 2.68 bits per heavy atom. The predicted octanol–water partition coefficient (Wildman–Crippen LogP) is 3.14. The SMILES string of the molecule is COC(=O)CC1C(=O)C=CC2C(C)(C)CCCC12C. The third-order valence-corrected chi connectivity index (χ3v) is 5.28. The Morgan fingerprint density at radius 2 is 2.05 bits per heavy atom. The fraction of sp³-hybridized carbons (Fsp3) is 0.750. The zero-order valence-corrected chi connectivity index (χ0v) is 12.4. The molecule has 0 heterocycles. The van der Waals surface area contributed by atoms with Gasteiger partial charge in [0.05, 0.1) is 13.5 Å². The van der Waals surface area contributed by atoms with Crippen molar-refractivity contribution in [2.45, 2.75) is 46.5 Å². The quantitative estimate of drug-likeness (QED) is 0.720. The monoisotopic (exact) mass is 264 g/mol. The molecule has 3 atom stereocenters. The van der Waals surface area contributed by atoms with Crippen LogP contribution in [-0.4, -0.2) is 18.9 Å². The van der Waals surface area contributed by atoms with Crippen LogP contribution in [0, 0.1) is 22.7 Å². The largest absolute Gasteiger partial charge is 0.469 e. The van der Waals surface area contributed by atoms with Crippen LogP contribution < -0.4 is 0 Å². The summed E-state index contributed by atoms with van der Waals surface area (Å²) in [5.41, 5.74) is 0.0837. The fourth-order valence-corrected chi connectivity index (χ4v) is 4.22. The number of ether oxygens (including phenoxy) is 1. The minimum Gasteiger partial charge on any atom is -0.469 e. The van der Waals surface area contributed by atoms with Crippen LogP contribution in [0.15, 0.2) is 12.2 Å². The summed E-state index contributed by atoms with van der Waals surface area (Å²) in [4.78, 5) is 23.8. The minimum atomic E-state index is -0.281. The summed E-state index contributed by atoms with van der Waals surface area (Å²) in [6.07, 6.45) is 7.29. The Morgan fingerprint density at radius 1 is 1.37 bits per heavy atom. The third-order valence-electron chi connectivity index (χ3n) is 5.28. The minimum absolute atomic E-state index is 0.0850. The Balaban J connectivity index is 2.36. The van der Waals surface area contributed by atoms with Gasteiger partial charge in [-0.1, -0.05) is 33.3 Å². The number of fused-ring (bicyclic) bond motifs is 1. The van der Waals surface area contributed by atoms with Crippen LogP contribution in [0.2, 0.25) is 0 Å². The molecule has 2 rings (SSSR count). The normalized spacial score (nSPS) is 36.7. The van der Waals surface area contributed by atoms with Crippen molar-refractivity contribution in [1.29, 1.82) is 0 Å². The summed E-state index contributed by atoms with van der Waals surface area (Å²) in [5.74, 6) is -0.0607. The molecular formula is C16H24O3. The lowest BCUT2D eigenvalue weighted by Gasteiger charge is -2.54. The molecule has 0 spiro atoms. The van der Waals surface area contributed by atoms with Crippen molar-refractivity contribution in [2.24, 2.45) is 22.7 Å². The molecule has 0 bridgehead atoms. The Bertz CT molecular complexity index is 422. The first-order valence-corrected chi connectivity index (χ1v) is 7.10. The van der Waals surface area contributed by atoms with Crippen LogP contribution in [0.5, 0.6) is 0 Å². The van der Waals surface area contributed by atoms with Gasteiger partial charge in [0.2, 0.25) is 0 Å². The molecule has 0 radical (unpaired) electrons. The van der Waals surface area contributed by atoms with E-state index in [2.05, 4.69) is 26.8 Å². The van der Waals surface area contributed by atoms with Gasteiger partial charge in [0.25, 0.3) is 0 Å². The summed E-state index contributed by atoms with van der Waals surface area (Å²) in [5, 5.41) is 0. The van der Waals surface area contributed by atoms with Gasteiger partial charge in [0.1, 0.15) is 0 Å². The van der Waals surface area contributed by atoms with Crippen molar-refractivity contribution in [3.05, 3.63) is 12.2 Å². The highest BCUT2D eigenvalue weighted by Crippen LogP contribution is 2.57. The van der Waals surface area contributed by atoms with Gasteiger partial charge in [-0.05, 0) is 35.7 Å². The lowest BCUT2D eigenvalue weighted by molar-refractivity contribution is -0.148. The van der Waals surface area contributed by atoms with E-state index in [1.807, 2.05) is 0 Å². The van der Waals surface area contributed by atoms with Crippen molar-refractivity contribution in [3.8, 4) is 0 Å². The van der Waals surface area contributed by atoms with Gasteiger partial charge in [-0.3, -0.25) is 9.59 Å². The molecule has 3 heteroatoms. The second-order valence-corrected chi connectivity index (χ2v) is 6.92. The predicted molar refractivity (Wildman–Crippen MR) is 73.5 cm³/mol. The molecule has 1 fully saturated rings. The molecule has 3 nitrogen and oxygen atoms in total. The van der Waals surface area contributed by atoms with E-state index in [0.29, 0.717) is 5.92 Å². The molecule has 0 amide bonds. The van der Waals surface area contributed by atoms with E-state index in [-0.39, 0.29) is 34.9 Å². The van der Waals surface area contributed by atoms with Crippen molar-refractivity contribution < 1.29 is 14.3 Å². The van der Waals surface area contributed by atoms with Crippen molar-refractivity contribution >= 4 is 11.8 Å². The first kappa shape index (κ1) is 14.3. The maximum absolute atomic E-state index is 12.2. The average molecular weight is 264 g/mol. The maximum Gasteiger partial charge on any atom is 0.306 e. The van der Waals surface area contributed by atoms with Gasteiger partial charge in [-0.15, -0.1) is 0 Å². The van der Waals surface area contributed by atoms with E-state index >= 15 is 0 Å². The van der Waals surface area contributed by atoms with E-state index in [1.165, 1.54) is 13.5 Å². The zero-order valence-electron chi connectivity index (χ0n) is 12.4. The topological polar surface area (TPSA) is 43.4 Å². The van der Waals surface area contributed by atoms with Crippen LogP contribution in [-0.2, 0) is 14.3 Å². The molecule has 106 valence electrons. The van der Waals surface area contributed by atoms with Gasteiger partial charge in [-0.25, -0.2) is 0 Å². The third kappa shape index (κ3) is 2.35. The molecule has 19 heavy (non-hydrogen) atoms. The molecule has 0 aliphatic heterocycles. The Labute approximate surface area is 115 Å². The summed E-state index contributed by atoms with van der Waals surface area (Å²) < 4.78 is 4.76. The van der Waals surface area contributed by atoms with E-state index < -0.39 is 0 Å². The van der Waals surface area contributed by atoms with Crippen molar-refractivity contribution in [3.63, 3.8) is 0 Å². The first-order valence-electron chi connectivity index (χ1n) is 7.10. The van der Waals surface area contributed by atoms with Gasteiger partial charge >= 0.3 is 5.97 Å². The van der Waals surface area contributed by atoms with E-state index in [0.717, 1.165) is 12.8 Å². The molecule has 3 unspecified atom stereocenters. The second kappa shape index (κ2) is 4.77. The lowest BCUT2D eigenvalue weighted by atomic mass is 9.49. The highest BCUT2D eigenvalue weighted by atomic mass is 16.5. The molecule has 0 N–H and O–H groups in total. The summed E-state index contributed by atoms with van der Waals surface area (Å²) in [6.45, 7) is 6.71. The van der Waals surface area contributed by atoms with E-state index in [9.17, 15) is 9.59 Å². The molecule has 2 aliphatic rings. The van der Waals surface area contributed by atoms with Crippen LogP contribution in [0.4, 0.5) is 0 Å². The number of hydrogen-bond donors (Lipinski definition) is 0. The molecular weight excluding hydrogens is 240 g/mol. The number of esters is 1. The summed E-state index contributed by atoms with van der Waals surface area (Å²) >= 11 is 0. The van der Waals surface area contributed by atoms with Gasteiger partial charge in [0, 0.05) is 5.92 Å². The Hall–Kier alpha value is -1.12. The number of rotatable bonds is 2. The maximum atomic E-state index is 12.2. The van der Waals surface area contributed by atoms with Gasteiger partial charge in [0.15, 0.2) is 5.78 Å². The molecule has 0 aromatic carbocycles. The van der Waals surface area contributed by atoms with Gasteiger partial charge in [-0.2, -0.15) is 0 Å². The van der Waals surface area contributed by atoms with Crippen molar-refractivity contribution in [1.82, 2.24) is 0 Å². The van der Waals surface area contributed by atoms with Crippen LogP contribution >= 0.6 is 0 Å². The molecule has 0 saturated heterocycles. The van der Waals surface area contributed by atoms with Crippen LogP contribution in [0.25, 0.3) is 0 Å². The second-order valence-electron chi connectivity index (χ2n) is 6.92. The molecule has 0 aromatic heterocycles. The van der Waals surface area contributed by atoms with Gasteiger partial charge < -0.3 is 4.74 Å². The van der Waals surface area contributed by atoms with E-state index in [4.69, 9.17) is 4.74 Å². The molecule has 1 saturated carbocycles. The smallest absolute Gasteiger partial charge is 0.306 e.